The van der Waals surface area contributed by atoms with Crippen LogP contribution in [0.25, 0.3) is 6.08 Å². The number of carbonyl (C=O) groups excluding carboxylic acids is 1. The maximum atomic E-state index is 12.6. The fourth-order valence-electron chi connectivity index (χ4n) is 2.23. The topological polar surface area (TPSA) is 62.1 Å². The molecule has 0 aromatic heterocycles. The zero-order valence-electron chi connectivity index (χ0n) is 13.5. The third-order valence-corrected chi connectivity index (χ3v) is 5.28. The van der Waals surface area contributed by atoms with Crippen molar-refractivity contribution < 1.29 is 14.6 Å². The number of aromatic hydroxyl groups is 1. The monoisotopic (exact) mass is 448 g/mol. The third kappa shape index (κ3) is 3.98. The van der Waals surface area contributed by atoms with Gasteiger partial charge in [-0.15, -0.1) is 0 Å². The molecule has 0 saturated carbocycles. The Morgan fingerprint density at radius 2 is 2.04 bits per heavy atom. The predicted octanol–water partition coefficient (Wildman–Crippen LogP) is 4.40. The zero-order valence-corrected chi connectivity index (χ0v) is 16.8. The summed E-state index contributed by atoms with van der Waals surface area (Å²) in [6.45, 7) is 0. The average molecular weight is 449 g/mol. The number of halogens is 1. The zero-order chi connectivity index (χ0) is 18.7. The second-order valence-electron chi connectivity index (χ2n) is 5.18. The van der Waals surface area contributed by atoms with Gasteiger partial charge in [0, 0.05) is 15.6 Å². The van der Waals surface area contributed by atoms with E-state index < -0.39 is 0 Å². The minimum Gasteiger partial charge on any atom is -0.507 e. The Bertz CT molecular complexity index is 944. The molecule has 1 N–H and O–H groups in total. The van der Waals surface area contributed by atoms with E-state index in [1.165, 1.54) is 24.0 Å². The lowest BCUT2D eigenvalue weighted by molar-refractivity contribution is -0.122. The summed E-state index contributed by atoms with van der Waals surface area (Å²) in [6, 6.07) is 12.3. The van der Waals surface area contributed by atoms with Crippen LogP contribution in [0.2, 0.25) is 0 Å². The lowest BCUT2D eigenvalue weighted by Gasteiger charge is -2.07. The van der Waals surface area contributed by atoms with Crippen molar-refractivity contribution in [2.45, 2.75) is 0 Å². The fourth-order valence-corrected chi connectivity index (χ4v) is 3.78. The molecule has 1 amide bonds. The van der Waals surface area contributed by atoms with Gasteiger partial charge in [0.15, 0.2) is 4.32 Å². The van der Waals surface area contributed by atoms with Gasteiger partial charge in [-0.2, -0.15) is 10.1 Å². The van der Waals surface area contributed by atoms with E-state index in [1.807, 2.05) is 24.3 Å². The van der Waals surface area contributed by atoms with Gasteiger partial charge in [0.05, 0.1) is 18.2 Å². The number of phenols is 1. The first kappa shape index (κ1) is 18.6. The molecular formula is C18H13BrN2O3S2. The van der Waals surface area contributed by atoms with Crippen molar-refractivity contribution in [2.75, 3.05) is 7.11 Å². The van der Waals surface area contributed by atoms with Crippen molar-refractivity contribution in [3.05, 3.63) is 63.0 Å². The van der Waals surface area contributed by atoms with Crippen LogP contribution in [0, 0.1) is 0 Å². The summed E-state index contributed by atoms with van der Waals surface area (Å²) < 4.78 is 6.41. The number of thioether (sulfide) groups is 1. The quantitative estimate of drug-likeness (QED) is 0.426. The molecule has 0 radical (unpaired) electrons. The molecule has 8 heteroatoms. The van der Waals surface area contributed by atoms with Crippen molar-refractivity contribution in [3.8, 4) is 11.5 Å². The van der Waals surface area contributed by atoms with Crippen LogP contribution in [0.1, 0.15) is 11.1 Å². The molecule has 1 fully saturated rings. The average Bonchev–Trinajstić information content (AvgIpc) is 2.89. The second kappa shape index (κ2) is 8.03. The van der Waals surface area contributed by atoms with E-state index in [9.17, 15) is 9.90 Å². The fraction of sp³-hybridized carbons (Fsp3) is 0.0556. The molecule has 132 valence electrons. The highest BCUT2D eigenvalue weighted by atomic mass is 79.9. The van der Waals surface area contributed by atoms with Crippen molar-refractivity contribution >= 4 is 62.4 Å². The first-order chi connectivity index (χ1) is 12.5. The molecule has 0 unspecified atom stereocenters. The largest absolute Gasteiger partial charge is 0.507 e. The molecule has 0 atom stereocenters. The molecule has 0 aliphatic carbocycles. The van der Waals surface area contributed by atoms with E-state index in [0.717, 1.165) is 15.0 Å². The molecular weight excluding hydrogens is 436 g/mol. The normalized spacial score (nSPS) is 16.1. The molecule has 3 rings (SSSR count). The number of nitrogens with zero attached hydrogens (tertiary/aromatic N) is 2. The number of phenolic OH excluding ortho intramolecular Hbond substituents is 1. The van der Waals surface area contributed by atoms with Crippen LogP contribution in [0.15, 0.2) is 56.9 Å². The number of rotatable bonds is 4. The summed E-state index contributed by atoms with van der Waals surface area (Å²) >= 11 is 9.75. The third-order valence-electron chi connectivity index (χ3n) is 3.50. The van der Waals surface area contributed by atoms with Crippen LogP contribution in [0.3, 0.4) is 0 Å². The number of para-hydroxylation sites is 1. The molecule has 1 aliphatic rings. The number of benzene rings is 2. The summed E-state index contributed by atoms with van der Waals surface area (Å²) in [5.41, 5.74) is 1.26. The van der Waals surface area contributed by atoms with Crippen LogP contribution in [-0.2, 0) is 4.79 Å². The van der Waals surface area contributed by atoms with Gasteiger partial charge < -0.3 is 9.84 Å². The van der Waals surface area contributed by atoms with E-state index in [1.54, 1.807) is 25.3 Å². The second-order valence-corrected chi connectivity index (χ2v) is 7.77. The number of hydrazone groups is 1. The van der Waals surface area contributed by atoms with Gasteiger partial charge in [-0.05, 0) is 42.6 Å². The Morgan fingerprint density at radius 1 is 1.27 bits per heavy atom. The van der Waals surface area contributed by atoms with Gasteiger partial charge in [0.2, 0.25) is 0 Å². The first-order valence-electron chi connectivity index (χ1n) is 7.43. The van der Waals surface area contributed by atoms with E-state index in [0.29, 0.717) is 20.5 Å². The van der Waals surface area contributed by atoms with Gasteiger partial charge in [-0.1, -0.05) is 45.9 Å². The van der Waals surface area contributed by atoms with Crippen molar-refractivity contribution in [3.63, 3.8) is 0 Å². The van der Waals surface area contributed by atoms with Crippen LogP contribution in [0.4, 0.5) is 0 Å². The number of ether oxygens (including phenoxy) is 1. The highest BCUT2D eigenvalue weighted by molar-refractivity contribution is 9.10. The number of hydrogen-bond donors (Lipinski definition) is 1. The number of methoxy groups -OCH3 is 1. The lowest BCUT2D eigenvalue weighted by Crippen LogP contribution is -2.22. The Morgan fingerprint density at radius 3 is 2.81 bits per heavy atom. The van der Waals surface area contributed by atoms with Crippen LogP contribution >= 0.6 is 39.9 Å². The highest BCUT2D eigenvalue weighted by Crippen LogP contribution is 2.34. The first-order valence-corrected chi connectivity index (χ1v) is 9.45. The van der Waals surface area contributed by atoms with E-state index in [2.05, 4.69) is 21.0 Å². The molecule has 2 aromatic carbocycles. The summed E-state index contributed by atoms with van der Waals surface area (Å²) in [7, 11) is 1.58. The Kier molecular flexibility index (Phi) is 5.75. The number of carbonyl (C=O) groups is 1. The molecule has 2 aromatic rings. The van der Waals surface area contributed by atoms with E-state index >= 15 is 0 Å². The SMILES string of the molecule is COc1ccccc1C=C1SC(=S)N(/N=C/c2cc(Br)ccc2O)C1=O. The number of amides is 1. The Labute approximate surface area is 168 Å². The number of thiocarbonyl (C=S) groups is 1. The molecule has 1 heterocycles. The Hall–Kier alpha value is -2.16. The van der Waals surface area contributed by atoms with Gasteiger partial charge in [0.25, 0.3) is 5.91 Å². The maximum Gasteiger partial charge on any atom is 0.286 e. The number of hydrogen-bond acceptors (Lipinski definition) is 6. The molecule has 0 bridgehead atoms. The standard InChI is InChI=1S/C18H13BrN2O3S2/c1-24-15-5-3-2-4-11(15)9-16-17(23)21(18(25)26-16)20-10-12-8-13(19)6-7-14(12)22/h2-10,22H,1H3/b16-9?,20-10+. The highest BCUT2D eigenvalue weighted by Gasteiger charge is 2.32. The van der Waals surface area contributed by atoms with Crippen LogP contribution in [-0.4, -0.2) is 33.7 Å². The van der Waals surface area contributed by atoms with Gasteiger partial charge in [-0.25, -0.2) is 0 Å². The lowest BCUT2D eigenvalue weighted by atomic mass is 10.2. The molecule has 5 nitrogen and oxygen atoms in total. The van der Waals surface area contributed by atoms with Crippen molar-refractivity contribution in [1.29, 1.82) is 0 Å². The van der Waals surface area contributed by atoms with Crippen molar-refractivity contribution in [1.82, 2.24) is 5.01 Å². The molecule has 1 saturated heterocycles. The smallest absolute Gasteiger partial charge is 0.286 e. The molecule has 1 aliphatic heterocycles. The van der Waals surface area contributed by atoms with Gasteiger partial charge in [-0.3, -0.25) is 4.79 Å². The summed E-state index contributed by atoms with van der Waals surface area (Å²) in [5.74, 6) is 0.406. The van der Waals surface area contributed by atoms with Crippen LogP contribution in [0.5, 0.6) is 11.5 Å². The summed E-state index contributed by atoms with van der Waals surface area (Å²) in [4.78, 5) is 13.1. The summed E-state index contributed by atoms with van der Waals surface area (Å²) in [6.07, 6.45) is 3.13. The minimum atomic E-state index is -0.323. The van der Waals surface area contributed by atoms with Crippen LogP contribution < -0.4 is 4.74 Å². The predicted molar refractivity (Wildman–Crippen MR) is 111 cm³/mol. The molecule has 0 spiro atoms. The van der Waals surface area contributed by atoms with E-state index in [4.69, 9.17) is 17.0 Å². The van der Waals surface area contributed by atoms with Gasteiger partial charge >= 0.3 is 0 Å². The van der Waals surface area contributed by atoms with Gasteiger partial charge in [0.1, 0.15) is 11.5 Å². The maximum absolute atomic E-state index is 12.6. The minimum absolute atomic E-state index is 0.0620. The van der Waals surface area contributed by atoms with Crippen molar-refractivity contribution in [2.24, 2.45) is 5.10 Å². The summed E-state index contributed by atoms with van der Waals surface area (Å²) in [5, 5.41) is 15.1. The van der Waals surface area contributed by atoms with E-state index in [-0.39, 0.29) is 11.7 Å². The molecule has 26 heavy (non-hydrogen) atoms. The Balaban J connectivity index is 1.86.